The Hall–Kier alpha value is -3.62. The number of carbonyl (C=O) groups excluding carboxylic acids is 3. The lowest BCUT2D eigenvalue weighted by molar-refractivity contribution is -0.130. The fourth-order valence-electron chi connectivity index (χ4n) is 2.85. The Morgan fingerprint density at radius 2 is 1.85 bits per heavy atom. The minimum atomic E-state index is -1.13. The second kappa shape index (κ2) is 6.60. The zero-order valence-electron chi connectivity index (χ0n) is 13.9. The van der Waals surface area contributed by atoms with Crippen molar-refractivity contribution in [2.75, 3.05) is 23.6 Å². The van der Waals surface area contributed by atoms with Crippen molar-refractivity contribution in [1.29, 1.82) is 0 Å². The highest BCUT2D eigenvalue weighted by Crippen LogP contribution is 2.34. The molecule has 2 N–H and O–H groups in total. The van der Waals surface area contributed by atoms with E-state index in [4.69, 9.17) is 9.47 Å². The first-order valence-electron chi connectivity index (χ1n) is 8.11. The van der Waals surface area contributed by atoms with Crippen molar-refractivity contribution < 1.29 is 28.2 Å². The van der Waals surface area contributed by atoms with Gasteiger partial charge in [0.1, 0.15) is 11.7 Å². The molecule has 9 heteroatoms. The normalized spacial score (nSPS) is 18.3. The monoisotopic (exact) mass is 371 g/mol. The van der Waals surface area contributed by atoms with Crippen LogP contribution in [0.15, 0.2) is 42.5 Å². The number of nitrogens with zero attached hydrogens (tertiary/aromatic N) is 1. The van der Waals surface area contributed by atoms with E-state index in [9.17, 15) is 18.8 Å². The van der Waals surface area contributed by atoms with Crippen LogP contribution in [0.5, 0.6) is 11.5 Å². The summed E-state index contributed by atoms with van der Waals surface area (Å²) in [5.74, 6) is -1.84. The second-order valence-corrected chi connectivity index (χ2v) is 5.95. The van der Waals surface area contributed by atoms with Crippen LogP contribution in [0.1, 0.15) is 0 Å². The van der Waals surface area contributed by atoms with Gasteiger partial charge in [-0.25, -0.2) is 14.1 Å². The molecule has 2 aliphatic heterocycles. The predicted molar refractivity (Wildman–Crippen MR) is 92.0 cm³/mol. The van der Waals surface area contributed by atoms with E-state index in [1.54, 1.807) is 18.2 Å². The van der Waals surface area contributed by atoms with Gasteiger partial charge in [0.25, 0.3) is 0 Å². The van der Waals surface area contributed by atoms with E-state index in [0.717, 1.165) is 17.0 Å². The van der Waals surface area contributed by atoms with Crippen molar-refractivity contribution in [3.05, 3.63) is 48.3 Å². The molecular weight excluding hydrogens is 357 g/mol. The summed E-state index contributed by atoms with van der Waals surface area (Å²) in [5, 5.41) is 5.14. The summed E-state index contributed by atoms with van der Waals surface area (Å²) in [6.45, 7) is -0.0295. The van der Waals surface area contributed by atoms with Crippen molar-refractivity contribution >= 4 is 29.2 Å². The average molecular weight is 371 g/mol. The van der Waals surface area contributed by atoms with E-state index < -0.39 is 29.6 Å². The fraction of sp³-hybridized carbons (Fsp3) is 0.167. The van der Waals surface area contributed by atoms with Crippen molar-refractivity contribution in [1.82, 2.24) is 5.32 Å². The molecule has 4 amide bonds. The van der Waals surface area contributed by atoms with Crippen LogP contribution in [-0.2, 0) is 9.59 Å². The summed E-state index contributed by atoms with van der Waals surface area (Å²) in [4.78, 5) is 38.2. The highest BCUT2D eigenvalue weighted by molar-refractivity contribution is 6.23. The highest BCUT2D eigenvalue weighted by Gasteiger charge is 2.39. The number of rotatable bonds is 3. The number of amides is 4. The van der Waals surface area contributed by atoms with Gasteiger partial charge in [0, 0.05) is 18.3 Å². The zero-order chi connectivity index (χ0) is 19.0. The lowest BCUT2D eigenvalue weighted by atomic mass is 10.0. The average Bonchev–Trinajstić information content (AvgIpc) is 3.11. The largest absolute Gasteiger partial charge is 0.454 e. The summed E-state index contributed by atoms with van der Waals surface area (Å²) >= 11 is 0. The Bertz CT molecular complexity index is 931. The van der Waals surface area contributed by atoms with Crippen LogP contribution in [0.25, 0.3) is 0 Å². The molecule has 2 aromatic rings. The van der Waals surface area contributed by atoms with E-state index >= 15 is 0 Å². The van der Waals surface area contributed by atoms with Gasteiger partial charge in [-0.15, -0.1) is 0 Å². The van der Waals surface area contributed by atoms with E-state index in [1.165, 1.54) is 12.1 Å². The van der Waals surface area contributed by atoms with Gasteiger partial charge < -0.3 is 20.1 Å². The van der Waals surface area contributed by atoms with E-state index in [-0.39, 0.29) is 19.0 Å². The maximum Gasteiger partial charge on any atom is 0.328 e. The van der Waals surface area contributed by atoms with Crippen molar-refractivity contribution in [3.63, 3.8) is 0 Å². The minimum Gasteiger partial charge on any atom is -0.454 e. The molecule has 138 valence electrons. The summed E-state index contributed by atoms with van der Waals surface area (Å²) in [6.07, 6.45) is 0. The molecule has 2 heterocycles. The Morgan fingerprint density at radius 1 is 1.11 bits per heavy atom. The third kappa shape index (κ3) is 3.14. The molecule has 2 aromatic carbocycles. The SMILES string of the molecule is O=C(Nc1ccc2c(c1)OCO2)C1CNC(=O)N(c2ccc(F)cc2)C1=O. The maximum absolute atomic E-state index is 13.1. The number of hydrogen-bond donors (Lipinski definition) is 2. The van der Waals surface area contributed by atoms with Crippen LogP contribution in [0, 0.1) is 11.7 Å². The van der Waals surface area contributed by atoms with Gasteiger partial charge in [0.05, 0.1) is 5.69 Å². The number of ether oxygens (including phenoxy) is 2. The molecule has 0 radical (unpaired) electrons. The Kier molecular flexibility index (Phi) is 4.11. The fourth-order valence-corrected chi connectivity index (χ4v) is 2.85. The first-order valence-corrected chi connectivity index (χ1v) is 8.11. The van der Waals surface area contributed by atoms with E-state index in [2.05, 4.69) is 10.6 Å². The van der Waals surface area contributed by atoms with Crippen LogP contribution in [0.4, 0.5) is 20.6 Å². The molecule has 1 saturated heterocycles. The zero-order valence-corrected chi connectivity index (χ0v) is 13.9. The molecule has 4 rings (SSSR count). The number of urea groups is 1. The third-order valence-corrected chi connectivity index (χ3v) is 4.22. The Labute approximate surface area is 152 Å². The summed E-state index contributed by atoms with van der Waals surface area (Å²) in [5.41, 5.74) is 0.613. The van der Waals surface area contributed by atoms with Gasteiger partial charge in [-0.2, -0.15) is 0 Å². The lowest BCUT2D eigenvalue weighted by Gasteiger charge is -2.30. The third-order valence-electron chi connectivity index (χ3n) is 4.22. The Balaban J connectivity index is 1.52. The Morgan fingerprint density at radius 3 is 2.63 bits per heavy atom. The van der Waals surface area contributed by atoms with Crippen LogP contribution < -0.4 is 25.0 Å². The number of nitrogens with one attached hydrogen (secondary N) is 2. The smallest absolute Gasteiger partial charge is 0.328 e. The number of imide groups is 1. The van der Waals surface area contributed by atoms with Gasteiger partial charge in [0.15, 0.2) is 11.5 Å². The van der Waals surface area contributed by atoms with Crippen LogP contribution >= 0.6 is 0 Å². The van der Waals surface area contributed by atoms with E-state index in [0.29, 0.717) is 17.2 Å². The molecule has 1 atom stereocenters. The highest BCUT2D eigenvalue weighted by atomic mass is 19.1. The number of carbonyl (C=O) groups is 3. The van der Waals surface area contributed by atoms with Gasteiger partial charge in [-0.05, 0) is 36.4 Å². The molecule has 27 heavy (non-hydrogen) atoms. The van der Waals surface area contributed by atoms with Crippen molar-refractivity contribution in [2.45, 2.75) is 0 Å². The molecule has 0 saturated carbocycles. The predicted octanol–water partition coefficient (Wildman–Crippen LogP) is 1.87. The summed E-state index contributed by atoms with van der Waals surface area (Å²) < 4.78 is 23.6. The first-order chi connectivity index (χ1) is 13.0. The number of benzene rings is 2. The van der Waals surface area contributed by atoms with Gasteiger partial charge in [-0.3, -0.25) is 9.59 Å². The van der Waals surface area contributed by atoms with Gasteiger partial charge in [-0.1, -0.05) is 0 Å². The topological polar surface area (TPSA) is 97.0 Å². The molecule has 0 aliphatic carbocycles. The standard InChI is InChI=1S/C18H14FN3O5/c19-10-1-4-12(5-2-10)22-17(24)13(8-20-18(22)25)16(23)21-11-3-6-14-15(7-11)27-9-26-14/h1-7,13H,8-9H2,(H,20,25)(H,21,23). The minimum absolute atomic E-state index is 0.104. The molecule has 1 fully saturated rings. The quantitative estimate of drug-likeness (QED) is 0.803. The molecule has 1 unspecified atom stereocenters. The molecule has 0 spiro atoms. The maximum atomic E-state index is 13.1. The molecule has 0 bridgehead atoms. The van der Waals surface area contributed by atoms with E-state index in [1.807, 2.05) is 0 Å². The van der Waals surface area contributed by atoms with Crippen molar-refractivity contribution in [3.8, 4) is 11.5 Å². The number of fused-ring (bicyclic) bond motifs is 1. The first kappa shape index (κ1) is 16.8. The molecular formula is C18H14FN3O5. The van der Waals surface area contributed by atoms with Gasteiger partial charge in [0.2, 0.25) is 18.6 Å². The molecule has 0 aromatic heterocycles. The van der Waals surface area contributed by atoms with Crippen LogP contribution in [0.2, 0.25) is 0 Å². The van der Waals surface area contributed by atoms with Crippen molar-refractivity contribution in [2.24, 2.45) is 5.92 Å². The van der Waals surface area contributed by atoms with Crippen LogP contribution in [0.3, 0.4) is 0 Å². The summed E-state index contributed by atoms with van der Waals surface area (Å²) in [7, 11) is 0. The molecule has 2 aliphatic rings. The van der Waals surface area contributed by atoms with Gasteiger partial charge >= 0.3 is 6.03 Å². The molecule has 8 nitrogen and oxygen atoms in total. The number of anilines is 2. The lowest BCUT2D eigenvalue weighted by Crippen LogP contribution is -2.58. The number of halogens is 1. The number of hydrogen-bond acceptors (Lipinski definition) is 5. The van der Waals surface area contributed by atoms with Crippen LogP contribution in [-0.4, -0.2) is 31.2 Å². The second-order valence-electron chi connectivity index (χ2n) is 5.95. The summed E-state index contributed by atoms with van der Waals surface area (Å²) in [6, 6.07) is 9.04.